The van der Waals surface area contributed by atoms with Crippen molar-refractivity contribution >= 4 is 27.5 Å². The molecule has 7 heteroatoms. The molecule has 148 valence electrons. The smallest absolute Gasteiger partial charge is 0.243 e. The van der Waals surface area contributed by atoms with Crippen molar-refractivity contribution in [3.8, 4) is 22.1 Å². The highest BCUT2D eigenvalue weighted by Gasteiger charge is 2.11. The van der Waals surface area contributed by atoms with Crippen LogP contribution in [0.4, 0.5) is 0 Å². The lowest BCUT2D eigenvalue weighted by Crippen LogP contribution is -2.17. The molecule has 1 heterocycles. The van der Waals surface area contributed by atoms with Gasteiger partial charge >= 0.3 is 0 Å². The van der Waals surface area contributed by atoms with Crippen LogP contribution in [0.25, 0.3) is 20.8 Å². The van der Waals surface area contributed by atoms with Crippen molar-refractivity contribution in [1.82, 2.24) is 10.5 Å². The van der Waals surface area contributed by atoms with E-state index in [0.717, 1.165) is 46.5 Å². The van der Waals surface area contributed by atoms with Crippen LogP contribution in [0.2, 0.25) is 0 Å². The Labute approximate surface area is 168 Å². The molecule has 0 saturated carbocycles. The van der Waals surface area contributed by atoms with Crippen LogP contribution >= 0.6 is 11.3 Å². The van der Waals surface area contributed by atoms with Gasteiger partial charge in [0.05, 0.1) is 23.9 Å². The maximum absolute atomic E-state index is 10.9. The molecule has 0 spiro atoms. The molecule has 0 fully saturated rings. The van der Waals surface area contributed by atoms with Crippen LogP contribution in [-0.4, -0.2) is 29.8 Å². The maximum Gasteiger partial charge on any atom is 0.243 e. The van der Waals surface area contributed by atoms with Gasteiger partial charge in [0, 0.05) is 12.0 Å². The molecule has 0 unspecified atom stereocenters. The third-order valence-corrected chi connectivity index (χ3v) is 5.47. The zero-order valence-corrected chi connectivity index (χ0v) is 16.6. The standard InChI is InChI=1S/C21H24N2O4S/c1-26-18-14-15(21-22-16-8-5-6-9-19(16)28-21)11-12-17(18)27-13-7-3-2-4-10-20(24)23-25/h5-6,8-9,11-12,14,25H,2-4,7,10,13H2,1H3,(H,23,24). The molecule has 3 aromatic rings. The molecule has 2 aromatic carbocycles. The van der Waals surface area contributed by atoms with E-state index in [4.69, 9.17) is 14.7 Å². The van der Waals surface area contributed by atoms with Crippen LogP contribution < -0.4 is 15.0 Å². The second kappa shape index (κ2) is 10.1. The molecule has 0 atom stereocenters. The molecule has 1 aromatic heterocycles. The molecule has 6 nitrogen and oxygen atoms in total. The van der Waals surface area contributed by atoms with Gasteiger partial charge in [0.2, 0.25) is 5.91 Å². The zero-order valence-electron chi connectivity index (χ0n) is 15.8. The highest BCUT2D eigenvalue weighted by atomic mass is 32.1. The lowest BCUT2D eigenvalue weighted by Gasteiger charge is -2.11. The Kier molecular flexibility index (Phi) is 7.22. The average Bonchev–Trinajstić information content (AvgIpc) is 3.17. The normalized spacial score (nSPS) is 10.8. The molecule has 1 amide bonds. The van der Waals surface area contributed by atoms with Crippen LogP contribution in [0.3, 0.4) is 0 Å². The number of benzene rings is 2. The van der Waals surface area contributed by atoms with E-state index in [0.29, 0.717) is 24.5 Å². The molecule has 0 aliphatic rings. The molecule has 28 heavy (non-hydrogen) atoms. The second-order valence-corrected chi connectivity index (χ2v) is 7.43. The molecule has 0 saturated heterocycles. The number of hydrogen-bond acceptors (Lipinski definition) is 6. The van der Waals surface area contributed by atoms with Gasteiger partial charge < -0.3 is 9.47 Å². The summed E-state index contributed by atoms with van der Waals surface area (Å²) in [5, 5.41) is 9.40. The van der Waals surface area contributed by atoms with Crippen molar-refractivity contribution in [2.75, 3.05) is 13.7 Å². The number of nitrogens with one attached hydrogen (secondary N) is 1. The molecule has 0 aliphatic carbocycles. The summed E-state index contributed by atoms with van der Waals surface area (Å²) < 4.78 is 12.5. The lowest BCUT2D eigenvalue weighted by atomic mass is 10.1. The molecular weight excluding hydrogens is 376 g/mol. The van der Waals surface area contributed by atoms with Crippen LogP contribution in [0.5, 0.6) is 11.5 Å². The predicted molar refractivity (Wildman–Crippen MR) is 110 cm³/mol. The Hall–Kier alpha value is -2.64. The van der Waals surface area contributed by atoms with E-state index in [1.165, 1.54) is 0 Å². The van der Waals surface area contributed by atoms with Gasteiger partial charge in [-0.3, -0.25) is 10.0 Å². The van der Waals surface area contributed by atoms with Gasteiger partial charge in [-0.25, -0.2) is 10.5 Å². The fraction of sp³-hybridized carbons (Fsp3) is 0.333. The van der Waals surface area contributed by atoms with Crippen molar-refractivity contribution in [3.63, 3.8) is 0 Å². The molecule has 0 radical (unpaired) electrons. The number of methoxy groups -OCH3 is 1. The number of rotatable bonds is 10. The third-order valence-electron chi connectivity index (χ3n) is 4.38. The van der Waals surface area contributed by atoms with Crippen LogP contribution in [0, 0.1) is 0 Å². The fourth-order valence-corrected chi connectivity index (χ4v) is 3.86. The third kappa shape index (κ3) is 5.21. The van der Waals surface area contributed by atoms with E-state index in [-0.39, 0.29) is 5.91 Å². The summed E-state index contributed by atoms with van der Waals surface area (Å²) in [6, 6.07) is 14.0. The van der Waals surface area contributed by atoms with Crippen molar-refractivity contribution < 1.29 is 19.5 Å². The molecular formula is C21H24N2O4S. The van der Waals surface area contributed by atoms with Crippen molar-refractivity contribution in [1.29, 1.82) is 0 Å². The minimum absolute atomic E-state index is 0.339. The number of nitrogens with zero attached hydrogens (tertiary/aromatic N) is 1. The van der Waals surface area contributed by atoms with E-state index >= 15 is 0 Å². The van der Waals surface area contributed by atoms with Gasteiger partial charge in [-0.1, -0.05) is 25.0 Å². The Morgan fingerprint density at radius 2 is 1.93 bits per heavy atom. The van der Waals surface area contributed by atoms with Crippen LogP contribution in [0.15, 0.2) is 42.5 Å². The highest BCUT2D eigenvalue weighted by Crippen LogP contribution is 2.36. The van der Waals surface area contributed by atoms with Crippen LogP contribution in [0.1, 0.15) is 32.1 Å². The second-order valence-electron chi connectivity index (χ2n) is 6.40. The van der Waals surface area contributed by atoms with Crippen molar-refractivity contribution in [2.45, 2.75) is 32.1 Å². The summed E-state index contributed by atoms with van der Waals surface area (Å²) in [5.74, 6) is 1.07. The van der Waals surface area contributed by atoms with Gasteiger partial charge in [-0.15, -0.1) is 11.3 Å². The summed E-state index contributed by atoms with van der Waals surface area (Å²) in [6.45, 7) is 0.586. The number of fused-ring (bicyclic) bond motifs is 1. The Balaban J connectivity index is 1.54. The minimum Gasteiger partial charge on any atom is -0.493 e. The molecule has 0 aliphatic heterocycles. The summed E-state index contributed by atoms with van der Waals surface area (Å²) in [5.41, 5.74) is 3.65. The number of carbonyl (C=O) groups is 1. The lowest BCUT2D eigenvalue weighted by molar-refractivity contribution is -0.129. The first-order valence-corrected chi connectivity index (χ1v) is 10.1. The number of para-hydroxylation sites is 1. The minimum atomic E-state index is -0.339. The molecule has 3 rings (SSSR count). The predicted octanol–water partition coefficient (Wildman–Crippen LogP) is 4.81. The number of amides is 1. The van der Waals surface area contributed by atoms with Gasteiger partial charge in [0.25, 0.3) is 0 Å². The van der Waals surface area contributed by atoms with E-state index in [1.54, 1.807) is 23.9 Å². The maximum atomic E-state index is 10.9. The summed E-state index contributed by atoms with van der Waals surface area (Å²) in [7, 11) is 1.64. The monoisotopic (exact) mass is 400 g/mol. The van der Waals surface area contributed by atoms with E-state index in [1.807, 2.05) is 36.4 Å². The molecule has 0 bridgehead atoms. The van der Waals surface area contributed by atoms with Gasteiger partial charge in [-0.05, 0) is 43.2 Å². The fourth-order valence-electron chi connectivity index (χ4n) is 2.89. The SMILES string of the molecule is COc1cc(-c2nc3ccccc3s2)ccc1OCCCCCCC(=O)NO. The number of aromatic nitrogens is 1. The van der Waals surface area contributed by atoms with Gasteiger partial charge in [0.1, 0.15) is 5.01 Å². The number of hydroxylamine groups is 1. The Bertz CT molecular complexity index is 893. The average molecular weight is 401 g/mol. The van der Waals surface area contributed by atoms with E-state index < -0.39 is 0 Å². The Morgan fingerprint density at radius 3 is 2.71 bits per heavy atom. The highest BCUT2D eigenvalue weighted by molar-refractivity contribution is 7.21. The van der Waals surface area contributed by atoms with Gasteiger partial charge in [-0.2, -0.15) is 0 Å². The largest absolute Gasteiger partial charge is 0.493 e. The van der Waals surface area contributed by atoms with Crippen molar-refractivity contribution in [3.05, 3.63) is 42.5 Å². The zero-order chi connectivity index (χ0) is 19.8. The Morgan fingerprint density at radius 1 is 1.11 bits per heavy atom. The first kappa shape index (κ1) is 20.1. The first-order valence-electron chi connectivity index (χ1n) is 9.31. The van der Waals surface area contributed by atoms with E-state index in [2.05, 4.69) is 11.1 Å². The van der Waals surface area contributed by atoms with Crippen LogP contribution in [-0.2, 0) is 4.79 Å². The summed E-state index contributed by atoms with van der Waals surface area (Å²) >= 11 is 1.66. The number of ether oxygens (including phenoxy) is 2. The summed E-state index contributed by atoms with van der Waals surface area (Å²) in [6.07, 6.45) is 3.88. The van der Waals surface area contributed by atoms with Crippen molar-refractivity contribution in [2.24, 2.45) is 0 Å². The topological polar surface area (TPSA) is 80.7 Å². The summed E-state index contributed by atoms with van der Waals surface area (Å²) in [4.78, 5) is 15.6. The number of carbonyl (C=O) groups excluding carboxylic acids is 1. The van der Waals surface area contributed by atoms with Gasteiger partial charge in [0.15, 0.2) is 11.5 Å². The quantitative estimate of drug-likeness (QED) is 0.290. The van der Waals surface area contributed by atoms with E-state index in [9.17, 15) is 4.79 Å². The first-order chi connectivity index (χ1) is 13.7. The molecule has 2 N–H and O–H groups in total. The number of unbranched alkanes of at least 4 members (excludes halogenated alkanes) is 3. The number of hydrogen-bond donors (Lipinski definition) is 2. The number of thiazole rings is 1.